The van der Waals surface area contributed by atoms with Crippen LogP contribution in [0.5, 0.6) is 0 Å². The molecule has 24 heavy (non-hydrogen) atoms. The summed E-state index contributed by atoms with van der Waals surface area (Å²) in [5.41, 5.74) is 0.437. The van der Waals surface area contributed by atoms with E-state index in [4.69, 9.17) is 0 Å². The highest BCUT2D eigenvalue weighted by Crippen LogP contribution is 2.20. The van der Waals surface area contributed by atoms with E-state index in [0.29, 0.717) is 11.6 Å². The van der Waals surface area contributed by atoms with E-state index in [0.717, 1.165) is 15.4 Å². The van der Waals surface area contributed by atoms with Crippen molar-refractivity contribution in [2.24, 2.45) is 0 Å². The summed E-state index contributed by atoms with van der Waals surface area (Å²) in [6.07, 6.45) is 0. The number of carbonyl (C=O) groups is 2. The number of amides is 2. The average molecular weight is 397 g/mol. The predicted octanol–water partition coefficient (Wildman–Crippen LogP) is 3.51. The molecule has 126 valence electrons. The smallest absolute Gasteiger partial charge is 0.251 e. The van der Waals surface area contributed by atoms with E-state index in [9.17, 15) is 18.4 Å². The second-order valence-corrected chi connectivity index (χ2v) is 5.95. The van der Waals surface area contributed by atoms with Crippen LogP contribution in [0.25, 0.3) is 0 Å². The maximum Gasteiger partial charge on any atom is 0.251 e. The SMILES string of the molecule is CC(=O)N(CCNC(=O)c1cccc(Br)c1)c1ccc(F)cc1F. The molecule has 0 atom stereocenters. The molecule has 0 saturated carbocycles. The molecule has 0 aliphatic rings. The first-order valence-electron chi connectivity index (χ1n) is 7.15. The van der Waals surface area contributed by atoms with E-state index < -0.39 is 17.5 Å². The number of rotatable bonds is 5. The highest BCUT2D eigenvalue weighted by molar-refractivity contribution is 9.10. The Kier molecular flexibility index (Phi) is 6.03. The predicted molar refractivity (Wildman–Crippen MR) is 90.9 cm³/mol. The molecule has 0 aliphatic carbocycles. The van der Waals surface area contributed by atoms with Crippen LogP contribution in [0, 0.1) is 11.6 Å². The third-order valence-electron chi connectivity index (χ3n) is 3.29. The molecule has 0 radical (unpaired) electrons. The van der Waals surface area contributed by atoms with Gasteiger partial charge in [0, 0.05) is 36.1 Å². The lowest BCUT2D eigenvalue weighted by Crippen LogP contribution is -2.38. The van der Waals surface area contributed by atoms with Gasteiger partial charge in [0.05, 0.1) is 5.69 Å². The molecule has 4 nitrogen and oxygen atoms in total. The lowest BCUT2D eigenvalue weighted by Gasteiger charge is -2.22. The molecule has 0 bridgehead atoms. The first-order chi connectivity index (χ1) is 11.4. The quantitative estimate of drug-likeness (QED) is 0.840. The fourth-order valence-corrected chi connectivity index (χ4v) is 2.56. The number of hydrogen-bond acceptors (Lipinski definition) is 2. The summed E-state index contributed by atoms with van der Waals surface area (Å²) in [6, 6.07) is 9.84. The summed E-state index contributed by atoms with van der Waals surface area (Å²) < 4.78 is 27.6. The van der Waals surface area contributed by atoms with Crippen LogP contribution in [0.15, 0.2) is 46.9 Å². The number of carbonyl (C=O) groups excluding carboxylic acids is 2. The maximum absolute atomic E-state index is 13.8. The van der Waals surface area contributed by atoms with Gasteiger partial charge in [-0.2, -0.15) is 0 Å². The molecular formula is C17H15BrF2N2O2. The lowest BCUT2D eigenvalue weighted by atomic mass is 10.2. The van der Waals surface area contributed by atoms with Crippen LogP contribution in [-0.2, 0) is 4.79 Å². The highest BCUT2D eigenvalue weighted by Gasteiger charge is 2.16. The highest BCUT2D eigenvalue weighted by atomic mass is 79.9. The second-order valence-electron chi connectivity index (χ2n) is 5.03. The zero-order chi connectivity index (χ0) is 17.7. The summed E-state index contributed by atoms with van der Waals surface area (Å²) in [7, 11) is 0. The third kappa shape index (κ3) is 4.61. The van der Waals surface area contributed by atoms with Gasteiger partial charge in [0.15, 0.2) is 0 Å². The fourth-order valence-electron chi connectivity index (χ4n) is 2.16. The number of halogens is 3. The Morgan fingerprint density at radius 2 is 1.92 bits per heavy atom. The van der Waals surface area contributed by atoms with Gasteiger partial charge in [-0.1, -0.05) is 22.0 Å². The minimum absolute atomic E-state index is 0.0272. The Balaban J connectivity index is 2.02. The van der Waals surface area contributed by atoms with Crippen molar-refractivity contribution in [3.05, 3.63) is 64.1 Å². The van der Waals surface area contributed by atoms with Crippen molar-refractivity contribution < 1.29 is 18.4 Å². The molecule has 0 aliphatic heterocycles. The number of nitrogens with zero attached hydrogens (tertiary/aromatic N) is 1. The van der Waals surface area contributed by atoms with Gasteiger partial charge in [0.1, 0.15) is 11.6 Å². The first kappa shape index (κ1) is 18.1. The van der Waals surface area contributed by atoms with Gasteiger partial charge in [-0.05, 0) is 30.3 Å². The van der Waals surface area contributed by atoms with Gasteiger partial charge in [-0.15, -0.1) is 0 Å². The van der Waals surface area contributed by atoms with Crippen molar-refractivity contribution in [1.29, 1.82) is 0 Å². The van der Waals surface area contributed by atoms with Crippen LogP contribution in [0.4, 0.5) is 14.5 Å². The zero-order valence-electron chi connectivity index (χ0n) is 12.9. The van der Waals surface area contributed by atoms with Crippen LogP contribution in [-0.4, -0.2) is 24.9 Å². The summed E-state index contributed by atoms with van der Waals surface area (Å²) in [5.74, 6) is -2.26. The van der Waals surface area contributed by atoms with Crippen LogP contribution in [0.2, 0.25) is 0 Å². The Bertz CT molecular complexity index is 768. The van der Waals surface area contributed by atoms with Gasteiger partial charge < -0.3 is 10.2 Å². The Labute approximate surface area is 146 Å². The number of anilines is 1. The van der Waals surface area contributed by atoms with Gasteiger partial charge >= 0.3 is 0 Å². The first-order valence-corrected chi connectivity index (χ1v) is 7.94. The molecule has 0 saturated heterocycles. The Morgan fingerprint density at radius 1 is 1.17 bits per heavy atom. The fraction of sp³-hybridized carbons (Fsp3) is 0.176. The van der Waals surface area contributed by atoms with Gasteiger partial charge in [0.2, 0.25) is 5.91 Å². The largest absolute Gasteiger partial charge is 0.350 e. The molecule has 2 aromatic carbocycles. The molecular weight excluding hydrogens is 382 g/mol. The minimum atomic E-state index is -0.830. The molecule has 0 fully saturated rings. The second kappa shape index (κ2) is 8.01. The standard InChI is InChI=1S/C17H15BrF2N2O2/c1-11(23)22(16-6-5-14(19)10-15(16)20)8-7-21-17(24)12-3-2-4-13(18)9-12/h2-6,9-10H,7-8H2,1H3,(H,21,24). The topological polar surface area (TPSA) is 49.4 Å². The monoisotopic (exact) mass is 396 g/mol. The number of nitrogens with one attached hydrogen (secondary N) is 1. The average Bonchev–Trinajstić information content (AvgIpc) is 2.52. The number of benzene rings is 2. The lowest BCUT2D eigenvalue weighted by molar-refractivity contribution is -0.116. The molecule has 1 N–H and O–H groups in total. The molecule has 2 aromatic rings. The van der Waals surface area contributed by atoms with E-state index in [1.165, 1.54) is 13.0 Å². The molecule has 2 amide bonds. The van der Waals surface area contributed by atoms with Crippen molar-refractivity contribution in [1.82, 2.24) is 5.32 Å². The van der Waals surface area contributed by atoms with E-state index in [1.807, 2.05) is 0 Å². The molecule has 0 heterocycles. The Morgan fingerprint density at radius 3 is 2.54 bits per heavy atom. The van der Waals surface area contributed by atoms with Crippen molar-refractivity contribution >= 4 is 33.4 Å². The van der Waals surface area contributed by atoms with Gasteiger partial charge in [-0.3, -0.25) is 9.59 Å². The molecule has 0 unspecified atom stereocenters. The minimum Gasteiger partial charge on any atom is -0.350 e. The van der Waals surface area contributed by atoms with Crippen LogP contribution in [0.3, 0.4) is 0 Å². The van der Waals surface area contributed by atoms with Gasteiger partial charge in [0.25, 0.3) is 5.91 Å². The molecule has 0 aromatic heterocycles. The summed E-state index contributed by atoms with van der Waals surface area (Å²) >= 11 is 3.28. The summed E-state index contributed by atoms with van der Waals surface area (Å²) in [5, 5.41) is 2.66. The van der Waals surface area contributed by atoms with Crippen LogP contribution >= 0.6 is 15.9 Å². The third-order valence-corrected chi connectivity index (χ3v) is 3.78. The van der Waals surface area contributed by atoms with Crippen molar-refractivity contribution in [2.75, 3.05) is 18.0 Å². The van der Waals surface area contributed by atoms with Crippen LogP contribution in [0.1, 0.15) is 17.3 Å². The summed E-state index contributed by atoms with van der Waals surface area (Å²) in [4.78, 5) is 24.9. The zero-order valence-corrected chi connectivity index (χ0v) is 14.4. The van der Waals surface area contributed by atoms with Crippen molar-refractivity contribution in [2.45, 2.75) is 6.92 Å². The van der Waals surface area contributed by atoms with Crippen molar-refractivity contribution in [3.8, 4) is 0 Å². The normalized spacial score (nSPS) is 10.3. The molecule has 0 spiro atoms. The van der Waals surface area contributed by atoms with E-state index >= 15 is 0 Å². The maximum atomic E-state index is 13.8. The Hall–Kier alpha value is -2.28. The molecule has 7 heteroatoms. The van der Waals surface area contributed by atoms with E-state index in [-0.39, 0.29) is 24.7 Å². The van der Waals surface area contributed by atoms with E-state index in [1.54, 1.807) is 24.3 Å². The number of hydrogen-bond donors (Lipinski definition) is 1. The van der Waals surface area contributed by atoms with Gasteiger partial charge in [-0.25, -0.2) is 8.78 Å². The van der Waals surface area contributed by atoms with Crippen LogP contribution < -0.4 is 10.2 Å². The molecule has 2 rings (SSSR count). The van der Waals surface area contributed by atoms with E-state index in [2.05, 4.69) is 21.2 Å². The summed E-state index contributed by atoms with van der Waals surface area (Å²) in [6.45, 7) is 1.47. The van der Waals surface area contributed by atoms with Crippen molar-refractivity contribution in [3.63, 3.8) is 0 Å².